The van der Waals surface area contributed by atoms with E-state index in [0.717, 1.165) is 43.1 Å². The summed E-state index contributed by atoms with van der Waals surface area (Å²) < 4.78 is 5.70. The van der Waals surface area contributed by atoms with Gasteiger partial charge in [-0.25, -0.2) is 0 Å². The molecular weight excluding hydrogens is 432 g/mol. The zero-order valence-corrected chi connectivity index (χ0v) is 18.7. The van der Waals surface area contributed by atoms with E-state index < -0.39 is 5.91 Å². The van der Waals surface area contributed by atoms with Crippen molar-refractivity contribution in [2.24, 2.45) is 0 Å². The number of furan rings is 1. The molecule has 0 spiro atoms. The highest BCUT2D eigenvalue weighted by molar-refractivity contribution is 7.80. The van der Waals surface area contributed by atoms with Crippen LogP contribution in [0.3, 0.4) is 0 Å². The number of nitrogens with one attached hydrogen (secondary N) is 2. The molecule has 2 N–H and O–H groups in total. The lowest BCUT2D eigenvalue weighted by atomic mass is 10.2. The van der Waals surface area contributed by atoms with Crippen molar-refractivity contribution in [2.75, 3.05) is 43.4 Å². The first kappa shape index (κ1) is 21.4. The van der Waals surface area contributed by atoms with Crippen molar-refractivity contribution in [3.8, 4) is 11.3 Å². The molecule has 1 fully saturated rings. The Morgan fingerprint density at radius 2 is 1.81 bits per heavy atom. The molecule has 6 nitrogen and oxygen atoms in total. The molecule has 31 heavy (non-hydrogen) atoms. The maximum atomic E-state index is 12.6. The molecule has 160 valence electrons. The Hall–Kier alpha value is -2.87. The molecule has 3 aromatic rings. The van der Waals surface area contributed by atoms with Crippen LogP contribution in [0, 0.1) is 0 Å². The van der Waals surface area contributed by atoms with Gasteiger partial charge in [-0.05, 0) is 55.7 Å². The number of likely N-dealkylation sites (N-methyl/N-ethyl adjacent to an activating group) is 1. The summed E-state index contributed by atoms with van der Waals surface area (Å²) in [5.41, 5.74) is 2.72. The van der Waals surface area contributed by atoms with E-state index in [1.807, 2.05) is 30.3 Å². The summed E-state index contributed by atoms with van der Waals surface area (Å²) in [7, 11) is 2.12. The molecule has 1 aromatic heterocycles. The SMILES string of the molecule is CN1CCN(c2ccccc2NC(=S)NC(=O)c2ccc(-c3cccc(Cl)c3)o2)CC1. The van der Waals surface area contributed by atoms with Crippen LogP contribution in [0.25, 0.3) is 11.3 Å². The molecule has 0 radical (unpaired) electrons. The first-order chi connectivity index (χ1) is 15.0. The van der Waals surface area contributed by atoms with Gasteiger partial charge in [0.25, 0.3) is 5.91 Å². The summed E-state index contributed by atoms with van der Waals surface area (Å²) in [6, 6.07) is 18.6. The van der Waals surface area contributed by atoms with E-state index in [4.69, 9.17) is 28.2 Å². The molecule has 2 aromatic carbocycles. The van der Waals surface area contributed by atoms with Crippen LogP contribution in [0.1, 0.15) is 10.6 Å². The lowest BCUT2D eigenvalue weighted by molar-refractivity contribution is 0.0951. The van der Waals surface area contributed by atoms with Crippen LogP contribution >= 0.6 is 23.8 Å². The van der Waals surface area contributed by atoms with Crippen LogP contribution in [0.2, 0.25) is 5.02 Å². The number of carbonyl (C=O) groups is 1. The van der Waals surface area contributed by atoms with Gasteiger partial charge in [-0.3, -0.25) is 10.1 Å². The van der Waals surface area contributed by atoms with Gasteiger partial charge >= 0.3 is 0 Å². The Balaban J connectivity index is 1.41. The summed E-state index contributed by atoms with van der Waals surface area (Å²) in [6.45, 7) is 3.88. The Morgan fingerprint density at radius 1 is 1.03 bits per heavy atom. The van der Waals surface area contributed by atoms with Crippen LogP contribution in [-0.2, 0) is 0 Å². The molecule has 0 bridgehead atoms. The van der Waals surface area contributed by atoms with E-state index in [0.29, 0.717) is 10.8 Å². The second-order valence-electron chi connectivity index (χ2n) is 7.39. The third kappa shape index (κ3) is 5.25. The number of benzene rings is 2. The number of thiocarbonyl (C=S) groups is 1. The Labute approximate surface area is 191 Å². The fourth-order valence-electron chi connectivity index (χ4n) is 3.48. The molecule has 1 amide bonds. The fraction of sp³-hybridized carbons (Fsp3) is 0.217. The molecule has 8 heteroatoms. The number of nitrogens with zero attached hydrogens (tertiary/aromatic N) is 2. The Bertz CT molecular complexity index is 1090. The van der Waals surface area contributed by atoms with Crippen LogP contribution in [0.15, 0.2) is 65.1 Å². The van der Waals surface area contributed by atoms with Crippen LogP contribution in [-0.4, -0.2) is 49.1 Å². The lowest BCUT2D eigenvalue weighted by Crippen LogP contribution is -2.45. The predicted molar refractivity (Wildman–Crippen MR) is 129 cm³/mol. The molecule has 0 saturated carbocycles. The highest BCUT2D eigenvalue weighted by Gasteiger charge is 2.18. The van der Waals surface area contributed by atoms with E-state index in [-0.39, 0.29) is 10.9 Å². The zero-order valence-electron chi connectivity index (χ0n) is 17.1. The van der Waals surface area contributed by atoms with E-state index >= 15 is 0 Å². The molecule has 1 aliphatic heterocycles. The van der Waals surface area contributed by atoms with Crippen LogP contribution < -0.4 is 15.5 Å². The van der Waals surface area contributed by atoms with Gasteiger partial charge in [0.1, 0.15) is 5.76 Å². The first-order valence-corrected chi connectivity index (χ1v) is 10.8. The summed E-state index contributed by atoms with van der Waals surface area (Å²) in [4.78, 5) is 17.2. The minimum atomic E-state index is -0.414. The maximum absolute atomic E-state index is 12.6. The normalized spacial score (nSPS) is 14.3. The molecule has 0 aliphatic carbocycles. The van der Waals surface area contributed by atoms with Crippen molar-refractivity contribution in [3.63, 3.8) is 0 Å². The van der Waals surface area contributed by atoms with Crippen molar-refractivity contribution in [2.45, 2.75) is 0 Å². The van der Waals surface area contributed by atoms with E-state index in [1.54, 1.807) is 24.3 Å². The third-order valence-corrected chi connectivity index (χ3v) is 5.60. The molecule has 0 unspecified atom stereocenters. The number of rotatable bonds is 4. The highest BCUT2D eigenvalue weighted by atomic mass is 35.5. The molecule has 0 atom stereocenters. The van der Waals surface area contributed by atoms with Crippen molar-refractivity contribution >= 4 is 46.2 Å². The standard InChI is InChI=1S/C23H23ClN4O2S/c1-27-11-13-28(14-12-27)19-8-3-2-7-18(19)25-23(31)26-22(29)21-10-9-20(30-21)16-5-4-6-17(24)15-16/h2-10,15H,11-14H2,1H3,(H2,25,26,29,31). The average Bonchev–Trinajstić information content (AvgIpc) is 3.25. The monoisotopic (exact) mass is 454 g/mol. The van der Waals surface area contributed by atoms with Gasteiger partial charge in [0.2, 0.25) is 0 Å². The molecule has 2 heterocycles. The smallest absolute Gasteiger partial charge is 0.293 e. The summed E-state index contributed by atoms with van der Waals surface area (Å²) >= 11 is 11.4. The van der Waals surface area contributed by atoms with Gasteiger partial charge < -0.3 is 19.5 Å². The number of piperazine rings is 1. The van der Waals surface area contributed by atoms with Gasteiger partial charge in [0.05, 0.1) is 11.4 Å². The Morgan fingerprint density at radius 3 is 2.58 bits per heavy atom. The second kappa shape index (κ2) is 9.51. The summed E-state index contributed by atoms with van der Waals surface area (Å²) in [5, 5.41) is 6.66. The second-order valence-corrected chi connectivity index (χ2v) is 8.23. The molecular formula is C23H23ClN4O2S. The van der Waals surface area contributed by atoms with Crippen molar-refractivity contribution in [1.29, 1.82) is 0 Å². The highest BCUT2D eigenvalue weighted by Crippen LogP contribution is 2.27. The maximum Gasteiger partial charge on any atom is 0.293 e. The number of amides is 1. The summed E-state index contributed by atoms with van der Waals surface area (Å²) in [5.74, 6) is 0.321. The number of hydrogen-bond acceptors (Lipinski definition) is 5. The van der Waals surface area contributed by atoms with Gasteiger partial charge in [0, 0.05) is 36.8 Å². The molecule has 1 aliphatic rings. The number of hydrogen-bond donors (Lipinski definition) is 2. The van der Waals surface area contributed by atoms with E-state index in [2.05, 4.69) is 33.5 Å². The first-order valence-electron chi connectivity index (χ1n) is 10.0. The number of anilines is 2. The van der Waals surface area contributed by atoms with Crippen LogP contribution in [0.5, 0.6) is 0 Å². The van der Waals surface area contributed by atoms with Crippen molar-refractivity contribution in [3.05, 3.63) is 71.4 Å². The number of para-hydroxylation sites is 2. The van der Waals surface area contributed by atoms with Crippen molar-refractivity contribution in [1.82, 2.24) is 10.2 Å². The van der Waals surface area contributed by atoms with Gasteiger partial charge in [-0.1, -0.05) is 35.9 Å². The minimum absolute atomic E-state index is 0.173. The number of carbonyl (C=O) groups excluding carboxylic acids is 1. The fourth-order valence-corrected chi connectivity index (χ4v) is 3.87. The van der Waals surface area contributed by atoms with Gasteiger partial charge in [0.15, 0.2) is 10.9 Å². The lowest BCUT2D eigenvalue weighted by Gasteiger charge is -2.35. The Kier molecular flexibility index (Phi) is 6.56. The predicted octanol–water partition coefficient (Wildman–Crippen LogP) is 4.48. The topological polar surface area (TPSA) is 60.8 Å². The minimum Gasteiger partial charge on any atom is -0.451 e. The van der Waals surface area contributed by atoms with Crippen molar-refractivity contribution < 1.29 is 9.21 Å². The summed E-state index contributed by atoms with van der Waals surface area (Å²) in [6.07, 6.45) is 0. The zero-order chi connectivity index (χ0) is 21.8. The van der Waals surface area contributed by atoms with Gasteiger partial charge in [-0.2, -0.15) is 0 Å². The van der Waals surface area contributed by atoms with E-state index in [9.17, 15) is 4.79 Å². The quantitative estimate of drug-likeness (QED) is 0.567. The van der Waals surface area contributed by atoms with Crippen LogP contribution in [0.4, 0.5) is 11.4 Å². The number of halogens is 1. The van der Waals surface area contributed by atoms with E-state index in [1.165, 1.54) is 0 Å². The van der Waals surface area contributed by atoms with Gasteiger partial charge in [-0.15, -0.1) is 0 Å². The third-order valence-electron chi connectivity index (χ3n) is 5.16. The largest absolute Gasteiger partial charge is 0.451 e. The molecule has 4 rings (SSSR count). The molecule has 1 saturated heterocycles. The average molecular weight is 455 g/mol.